The number of hydrogen-bond acceptors (Lipinski definition) is 10. The van der Waals surface area contributed by atoms with Crippen molar-refractivity contribution in [1.82, 2.24) is 9.97 Å². The lowest BCUT2D eigenvalue weighted by Crippen LogP contribution is -2.28. The van der Waals surface area contributed by atoms with Crippen LogP contribution in [-0.4, -0.2) is 46.6 Å². The van der Waals surface area contributed by atoms with Crippen molar-refractivity contribution >= 4 is 18.3 Å². The van der Waals surface area contributed by atoms with Crippen molar-refractivity contribution in [2.45, 2.75) is 70.6 Å². The van der Waals surface area contributed by atoms with E-state index in [9.17, 15) is 14.4 Å². The lowest BCUT2D eigenvalue weighted by molar-refractivity contribution is -0.142. The standard InChI is InChI=1S/C30H34N2O8/c1-21-7-3-2-4-10-24-15-25(39-29(34)36-19-22-8-5-13-31-17-22)16-26(24)27(11-12-28(33)38-21)40-30(35)37-20-23-9-6-14-32-18-23/h4-6,8-14,17-18,21,24-27H,2-3,7,15-16,19-20H2,1H3/b10-4+,12-11+/t21-,24+,25-,26+,27+/m0/s1. The summed E-state index contributed by atoms with van der Waals surface area (Å²) in [5, 5.41) is 0. The third-order valence-electron chi connectivity index (χ3n) is 6.80. The summed E-state index contributed by atoms with van der Waals surface area (Å²) < 4.78 is 27.3. The quantitative estimate of drug-likeness (QED) is 0.260. The van der Waals surface area contributed by atoms with E-state index >= 15 is 0 Å². The molecule has 1 saturated carbocycles. The van der Waals surface area contributed by atoms with Gasteiger partial charge in [-0.3, -0.25) is 9.97 Å². The Labute approximate surface area is 233 Å². The third kappa shape index (κ3) is 9.21. The van der Waals surface area contributed by atoms with Crippen molar-refractivity contribution in [2.75, 3.05) is 0 Å². The van der Waals surface area contributed by atoms with Gasteiger partial charge >= 0.3 is 18.3 Å². The monoisotopic (exact) mass is 550 g/mol. The highest BCUT2D eigenvalue weighted by molar-refractivity contribution is 5.82. The number of ether oxygens (including phenoxy) is 5. The highest BCUT2D eigenvalue weighted by atomic mass is 16.7. The Morgan fingerprint density at radius 3 is 2.27 bits per heavy atom. The molecule has 2 aromatic rings. The second-order valence-corrected chi connectivity index (χ2v) is 9.89. The van der Waals surface area contributed by atoms with E-state index in [4.69, 9.17) is 23.7 Å². The summed E-state index contributed by atoms with van der Waals surface area (Å²) in [6.45, 7) is 1.89. The Morgan fingerprint density at radius 1 is 0.950 bits per heavy atom. The minimum absolute atomic E-state index is 0.00876. The van der Waals surface area contributed by atoms with E-state index in [-0.39, 0.29) is 31.2 Å². The molecule has 212 valence electrons. The van der Waals surface area contributed by atoms with Gasteiger partial charge in [0.2, 0.25) is 0 Å². The molecular weight excluding hydrogens is 516 g/mol. The van der Waals surface area contributed by atoms with E-state index in [2.05, 4.69) is 22.1 Å². The first-order valence-electron chi connectivity index (χ1n) is 13.5. The van der Waals surface area contributed by atoms with Crippen molar-refractivity contribution in [3.8, 4) is 0 Å². The number of nitrogens with zero attached hydrogens (tertiary/aromatic N) is 2. The van der Waals surface area contributed by atoms with Gasteiger partial charge in [0.05, 0.1) is 6.10 Å². The minimum Gasteiger partial charge on any atom is -0.460 e. The van der Waals surface area contributed by atoms with Crippen LogP contribution in [0.3, 0.4) is 0 Å². The Hall–Kier alpha value is -4.21. The van der Waals surface area contributed by atoms with Crippen LogP contribution in [0.15, 0.2) is 73.4 Å². The second-order valence-electron chi connectivity index (χ2n) is 9.89. The number of pyridine rings is 2. The number of fused-ring (bicyclic) bond motifs is 1. The van der Waals surface area contributed by atoms with Gasteiger partial charge in [-0.25, -0.2) is 14.4 Å². The van der Waals surface area contributed by atoms with Crippen molar-refractivity contribution in [3.63, 3.8) is 0 Å². The molecule has 0 aromatic carbocycles. The maximum atomic E-state index is 12.7. The van der Waals surface area contributed by atoms with E-state index in [1.54, 1.807) is 49.1 Å². The van der Waals surface area contributed by atoms with Gasteiger partial charge in [0.15, 0.2) is 0 Å². The van der Waals surface area contributed by atoms with Crippen LogP contribution in [-0.2, 0) is 41.7 Å². The zero-order valence-corrected chi connectivity index (χ0v) is 22.4. The molecule has 0 N–H and O–H groups in total. The number of cyclic esters (lactones) is 1. The molecule has 10 heteroatoms. The van der Waals surface area contributed by atoms with E-state index in [0.29, 0.717) is 18.4 Å². The molecule has 1 fully saturated rings. The lowest BCUT2D eigenvalue weighted by atomic mass is 9.89. The van der Waals surface area contributed by atoms with E-state index < -0.39 is 30.5 Å². The topological polar surface area (TPSA) is 123 Å². The predicted octanol–water partition coefficient (Wildman–Crippen LogP) is 5.47. The van der Waals surface area contributed by atoms with Gasteiger partial charge in [-0.05, 0) is 63.2 Å². The fourth-order valence-electron chi connectivity index (χ4n) is 4.85. The van der Waals surface area contributed by atoms with Crippen LogP contribution >= 0.6 is 0 Å². The Bertz CT molecular complexity index is 1170. The first-order chi connectivity index (χ1) is 19.5. The van der Waals surface area contributed by atoms with Crippen molar-refractivity contribution in [1.29, 1.82) is 0 Å². The predicted molar refractivity (Wildman–Crippen MR) is 142 cm³/mol. The number of aromatic nitrogens is 2. The molecule has 0 saturated heterocycles. The zero-order valence-electron chi connectivity index (χ0n) is 22.4. The van der Waals surface area contributed by atoms with Gasteiger partial charge in [-0.1, -0.05) is 24.3 Å². The first kappa shape index (κ1) is 28.8. The van der Waals surface area contributed by atoms with Gasteiger partial charge in [0, 0.05) is 47.9 Å². The maximum Gasteiger partial charge on any atom is 0.509 e. The van der Waals surface area contributed by atoms with E-state index in [1.807, 2.05) is 6.92 Å². The van der Waals surface area contributed by atoms with Crippen LogP contribution in [0.4, 0.5) is 9.59 Å². The third-order valence-corrected chi connectivity index (χ3v) is 6.80. The highest BCUT2D eigenvalue weighted by Crippen LogP contribution is 2.39. The van der Waals surface area contributed by atoms with Crippen LogP contribution in [0.25, 0.3) is 0 Å². The van der Waals surface area contributed by atoms with Gasteiger partial charge in [-0.15, -0.1) is 0 Å². The normalized spacial score (nSPS) is 26.4. The van der Waals surface area contributed by atoms with Gasteiger partial charge in [-0.2, -0.15) is 0 Å². The SMILES string of the molecule is C[C@H]1CCC/C=C/[C@@H]2C[C@H](OC(=O)OCc3cccnc3)C[C@H]2[C@H](OC(=O)OCc2cccnc2)/C=C/C(=O)O1. The lowest BCUT2D eigenvalue weighted by Gasteiger charge is -2.24. The molecule has 1 aliphatic heterocycles. The zero-order chi connectivity index (χ0) is 28.2. The number of allylic oxidation sites excluding steroid dienone is 2. The molecular formula is C30H34N2O8. The second kappa shape index (κ2) is 14.8. The molecule has 2 aromatic heterocycles. The summed E-state index contributed by atoms with van der Waals surface area (Å²) in [7, 11) is 0. The van der Waals surface area contributed by atoms with E-state index in [0.717, 1.165) is 24.8 Å². The summed E-state index contributed by atoms with van der Waals surface area (Å²) in [6.07, 6.45) is 13.5. The molecule has 0 bridgehead atoms. The van der Waals surface area contributed by atoms with Gasteiger partial charge in [0.25, 0.3) is 0 Å². The maximum absolute atomic E-state index is 12.7. The van der Waals surface area contributed by atoms with Crippen molar-refractivity contribution in [2.24, 2.45) is 11.8 Å². The summed E-state index contributed by atoms with van der Waals surface area (Å²) in [6, 6.07) is 7.08. The van der Waals surface area contributed by atoms with Crippen LogP contribution in [0.1, 0.15) is 50.2 Å². The fourth-order valence-corrected chi connectivity index (χ4v) is 4.85. The largest absolute Gasteiger partial charge is 0.509 e. The number of rotatable bonds is 6. The molecule has 5 atom stereocenters. The molecule has 2 aliphatic rings. The molecule has 10 nitrogen and oxygen atoms in total. The number of hydrogen-bond donors (Lipinski definition) is 0. The summed E-state index contributed by atoms with van der Waals surface area (Å²) >= 11 is 0. The van der Waals surface area contributed by atoms with Crippen LogP contribution in [0.5, 0.6) is 0 Å². The first-order valence-corrected chi connectivity index (χ1v) is 13.5. The Balaban J connectivity index is 1.44. The van der Waals surface area contributed by atoms with Crippen LogP contribution < -0.4 is 0 Å². The van der Waals surface area contributed by atoms with Crippen molar-refractivity contribution < 1.29 is 38.1 Å². The average molecular weight is 551 g/mol. The Morgan fingerprint density at radius 2 is 1.62 bits per heavy atom. The van der Waals surface area contributed by atoms with Crippen molar-refractivity contribution in [3.05, 3.63) is 84.5 Å². The average Bonchev–Trinajstić information content (AvgIpc) is 3.35. The molecule has 1 aliphatic carbocycles. The molecule has 0 spiro atoms. The van der Waals surface area contributed by atoms with Gasteiger partial charge in [0.1, 0.15) is 25.4 Å². The highest BCUT2D eigenvalue weighted by Gasteiger charge is 2.41. The summed E-state index contributed by atoms with van der Waals surface area (Å²) in [5.41, 5.74) is 1.46. The molecule has 4 rings (SSSR count). The van der Waals surface area contributed by atoms with Crippen LogP contribution in [0, 0.1) is 11.8 Å². The Kier molecular flexibility index (Phi) is 10.7. The molecule has 0 radical (unpaired) electrons. The number of carbonyl (C=O) groups is 3. The smallest absolute Gasteiger partial charge is 0.460 e. The molecule has 3 heterocycles. The number of esters is 1. The minimum atomic E-state index is -0.882. The molecule has 40 heavy (non-hydrogen) atoms. The summed E-state index contributed by atoms with van der Waals surface area (Å²) in [4.78, 5) is 45.6. The van der Waals surface area contributed by atoms with Crippen LogP contribution in [0.2, 0.25) is 0 Å². The number of carbonyl (C=O) groups excluding carboxylic acids is 3. The van der Waals surface area contributed by atoms with Gasteiger partial charge < -0.3 is 23.7 Å². The molecule has 0 unspecified atom stereocenters. The van der Waals surface area contributed by atoms with E-state index in [1.165, 1.54) is 12.2 Å². The summed E-state index contributed by atoms with van der Waals surface area (Å²) in [5.74, 6) is -0.870. The fraction of sp³-hybridized carbons (Fsp3) is 0.433. The molecule has 0 amide bonds.